The third-order valence-electron chi connectivity index (χ3n) is 4.59. The number of benzene rings is 1. The van der Waals surface area contributed by atoms with E-state index in [4.69, 9.17) is 9.15 Å². The highest BCUT2D eigenvalue weighted by Crippen LogP contribution is 2.37. The summed E-state index contributed by atoms with van der Waals surface area (Å²) in [5.41, 5.74) is 0.242. The number of furan rings is 1. The van der Waals surface area contributed by atoms with E-state index in [1.54, 1.807) is 11.9 Å². The lowest BCUT2D eigenvalue weighted by molar-refractivity contribution is -0.0692. The maximum Gasteiger partial charge on any atom is 0.317 e. The molecule has 2 amide bonds. The van der Waals surface area contributed by atoms with Crippen molar-refractivity contribution < 1.29 is 13.9 Å². The lowest BCUT2D eigenvalue weighted by Gasteiger charge is -2.29. The Balaban J connectivity index is 1.64. The fourth-order valence-corrected chi connectivity index (χ4v) is 3.47. The van der Waals surface area contributed by atoms with Gasteiger partial charge in [-0.3, -0.25) is 0 Å². The van der Waals surface area contributed by atoms with Gasteiger partial charge in [-0.25, -0.2) is 4.79 Å². The predicted octanol–water partition coefficient (Wildman–Crippen LogP) is 3.92. The summed E-state index contributed by atoms with van der Waals surface area (Å²) in [5.74, 6) is 0.774. The molecule has 0 saturated carbocycles. The molecule has 130 valence electrons. The van der Waals surface area contributed by atoms with Gasteiger partial charge in [0.15, 0.2) is 0 Å². The summed E-state index contributed by atoms with van der Waals surface area (Å²) in [5, 5.41) is 4.15. The first kappa shape index (κ1) is 16.8. The van der Waals surface area contributed by atoms with Crippen LogP contribution < -0.4 is 5.32 Å². The molecule has 2 aromatic rings. The van der Waals surface area contributed by atoms with Crippen molar-refractivity contribution in [2.24, 2.45) is 0 Å². The van der Waals surface area contributed by atoms with Gasteiger partial charge in [0, 0.05) is 12.4 Å². The summed E-state index contributed by atoms with van der Waals surface area (Å²) in [6.45, 7) is 8.58. The Kier molecular flexibility index (Phi) is 4.08. The zero-order valence-corrected chi connectivity index (χ0v) is 15.1. The van der Waals surface area contributed by atoms with E-state index < -0.39 is 0 Å². The fourth-order valence-electron chi connectivity index (χ4n) is 3.47. The molecule has 0 spiro atoms. The van der Waals surface area contributed by atoms with Crippen molar-refractivity contribution in [1.82, 2.24) is 10.2 Å². The van der Waals surface area contributed by atoms with E-state index in [1.165, 1.54) is 0 Å². The molecule has 0 bridgehead atoms. The number of para-hydroxylation sites is 1. The van der Waals surface area contributed by atoms with Crippen LogP contribution in [-0.4, -0.2) is 35.2 Å². The molecule has 1 saturated heterocycles. The van der Waals surface area contributed by atoms with Crippen molar-refractivity contribution in [1.29, 1.82) is 0 Å². The third kappa shape index (κ3) is 3.41. The van der Waals surface area contributed by atoms with Gasteiger partial charge < -0.3 is 19.4 Å². The Morgan fingerprint density at radius 3 is 2.62 bits per heavy atom. The number of carbonyl (C=O) groups excluding carboxylic acids is 1. The smallest absolute Gasteiger partial charge is 0.317 e. The van der Waals surface area contributed by atoms with Gasteiger partial charge in [-0.1, -0.05) is 18.2 Å². The Hall–Kier alpha value is -2.01. The Morgan fingerprint density at radius 1 is 1.29 bits per heavy atom. The van der Waals surface area contributed by atoms with Crippen LogP contribution in [0.1, 0.15) is 39.9 Å². The summed E-state index contributed by atoms with van der Waals surface area (Å²) in [7, 11) is 1.77. The zero-order chi connectivity index (χ0) is 17.5. The maximum absolute atomic E-state index is 12.5. The minimum absolute atomic E-state index is 0.0156. The molecule has 1 aliphatic rings. The Morgan fingerprint density at radius 2 is 2.00 bits per heavy atom. The Labute approximate surface area is 143 Å². The van der Waals surface area contributed by atoms with E-state index in [0.29, 0.717) is 6.54 Å². The summed E-state index contributed by atoms with van der Waals surface area (Å²) >= 11 is 0. The number of rotatable bonds is 3. The SMILES string of the molecule is CN(Cc1cc2ccccc2o1)C(=O)NC1CC(C)(C)OC1(C)C. The van der Waals surface area contributed by atoms with Crippen LogP contribution in [-0.2, 0) is 11.3 Å². The first-order chi connectivity index (χ1) is 11.2. The summed E-state index contributed by atoms with van der Waals surface area (Å²) in [4.78, 5) is 14.2. The highest BCUT2D eigenvalue weighted by atomic mass is 16.5. The molecule has 5 heteroatoms. The first-order valence-electron chi connectivity index (χ1n) is 8.36. The van der Waals surface area contributed by atoms with Gasteiger partial charge >= 0.3 is 6.03 Å². The highest BCUT2D eigenvalue weighted by molar-refractivity contribution is 5.78. The monoisotopic (exact) mass is 330 g/mol. The van der Waals surface area contributed by atoms with Gasteiger partial charge in [0.1, 0.15) is 11.3 Å². The van der Waals surface area contributed by atoms with Gasteiger partial charge in [-0.2, -0.15) is 0 Å². The van der Waals surface area contributed by atoms with E-state index >= 15 is 0 Å². The number of nitrogens with zero attached hydrogens (tertiary/aromatic N) is 1. The molecule has 1 aromatic heterocycles. The van der Waals surface area contributed by atoms with Crippen LogP contribution in [0.5, 0.6) is 0 Å². The second-order valence-corrected chi connectivity index (χ2v) is 7.78. The van der Waals surface area contributed by atoms with Crippen LogP contribution in [0, 0.1) is 0 Å². The summed E-state index contributed by atoms with van der Waals surface area (Å²) < 4.78 is 11.8. The maximum atomic E-state index is 12.5. The van der Waals surface area contributed by atoms with Crippen LogP contribution in [0.2, 0.25) is 0 Å². The van der Waals surface area contributed by atoms with Crippen molar-refractivity contribution >= 4 is 17.0 Å². The fraction of sp³-hybridized carbons (Fsp3) is 0.526. The van der Waals surface area contributed by atoms with Crippen molar-refractivity contribution in [3.63, 3.8) is 0 Å². The average molecular weight is 330 g/mol. The van der Waals surface area contributed by atoms with E-state index in [1.807, 2.05) is 44.2 Å². The summed E-state index contributed by atoms with van der Waals surface area (Å²) in [6.07, 6.45) is 0.796. The van der Waals surface area contributed by atoms with Crippen molar-refractivity contribution in [2.75, 3.05) is 7.05 Å². The van der Waals surface area contributed by atoms with E-state index in [2.05, 4.69) is 19.2 Å². The van der Waals surface area contributed by atoms with Crippen LogP contribution >= 0.6 is 0 Å². The number of amides is 2. The predicted molar refractivity (Wildman–Crippen MR) is 93.9 cm³/mol. The molecule has 1 aliphatic heterocycles. The van der Waals surface area contributed by atoms with E-state index in [-0.39, 0.29) is 23.3 Å². The Bertz CT molecular complexity index is 715. The van der Waals surface area contributed by atoms with Crippen molar-refractivity contribution in [3.8, 4) is 0 Å². The molecule has 1 unspecified atom stereocenters. The van der Waals surface area contributed by atoms with Crippen LogP contribution in [0.3, 0.4) is 0 Å². The van der Waals surface area contributed by atoms with Gasteiger partial charge in [0.05, 0.1) is 23.8 Å². The molecule has 3 rings (SSSR count). The zero-order valence-electron chi connectivity index (χ0n) is 15.1. The quantitative estimate of drug-likeness (QED) is 0.928. The minimum Gasteiger partial charge on any atom is -0.459 e. The number of urea groups is 1. The molecule has 1 fully saturated rings. The van der Waals surface area contributed by atoms with Crippen LogP contribution in [0.15, 0.2) is 34.7 Å². The number of hydrogen-bond donors (Lipinski definition) is 1. The molecule has 2 heterocycles. The topological polar surface area (TPSA) is 54.7 Å². The van der Waals surface area contributed by atoms with Crippen LogP contribution in [0.25, 0.3) is 11.0 Å². The molecule has 24 heavy (non-hydrogen) atoms. The molecule has 5 nitrogen and oxygen atoms in total. The molecular weight excluding hydrogens is 304 g/mol. The van der Waals surface area contributed by atoms with Gasteiger partial charge in [0.2, 0.25) is 0 Å². The number of hydrogen-bond acceptors (Lipinski definition) is 3. The lowest BCUT2D eigenvalue weighted by atomic mass is 9.94. The molecule has 0 aliphatic carbocycles. The van der Waals surface area contributed by atoms with Crippen molar-refractivity contribution in [3.05, 3.63) is 36.1 Å². The standard InChI is InChI=1S/C19H26N2O3/c1-18(2)11-16(19(3,4)24-18)20-17(22)21(5)12-14-10-13-8-6-7-9-15(13)23-14/h6-10,16H,11-12H2,1-5H3,(H,20,22). The minimum atomic E-state index is -0.376. The number of fused-ring (bicyclic) bond motifs is 1. The molecule has 1 N–H and O–H groups in total. The van der Waals surface area contributed by atoms with Gasteiger partial charge in [-0.15, -0.1) is 0 Å². The van der Waals surface area contributed by atoms with E-state index in [0.717, 1.165) is 23.2 Å². The summed E-state index contributed by atoms with van der Waals surface area (Å²) in [6, 6.07) is 9.69. The first-order valence-corrected chi connectivity index (χ1v) is 8.36. The van der Waals surface area contributed by atoms with Gasteiger partial charge in [0.25, 0.3) is 0 Å². The number of ether oxygens (including phenoxy) is 1. The normalized spacial score (nSPS) is 21.8. The number of carbonyl (C=O) groups is 1. The second kappa shape index (κ2) is 5.81. The molecule has 1 atom stereocenters. The van der Waals surface area contributed by atoms with Crippen molar-refractivity contribution in [2.45, 2.75) is 57.9 Å². The molecule has 1 aromatic carbocycles. The third-order valence-corrected chi connectivity index (χ3v) is 4.59. The lowest BCUT2D eigenvalue weighted by Crippen LogP contribution is -2.50. The largest absolute Gasteiger partial charge is 0.459 e. The van der Waals surface area contributed by atoms with E-state index in [9.17, 15) is 4.79 Å². The highest BCUT2D eigenvalue weighted by Gasteiger charge is 2.46. The van der Waals surface area contributed by atoms with Gasteiger partial charge in [-0.05, 0) is 46.2 Å². The average Bonchev–Trinajstić information content (AvgIpc) is 2.95. The second-order valence-electron chi connectivity index (χ2n) is 7.78. The van der Waals surface area contributed by atoms with Crippen LogP contribution in [0.4, 0.5) is 4.79 Å². The number of nitrogens with one attached hydrogen (secondary N) is 1. The molecule has 0 radical (unpaired) electrons. The molecular formula is C19H26N2O3.